The molecule has 1 aliphatic carbocycles. The van der Waals surface area contributed by atoms with E-state index in [0.29, 0.717) is 0 Å². The van der Waals surface area contributed by atoms with Gasteiger partial charge in [-0.05, 0) is 112 Å². The molecule has 2 nitrogen and oxygen atoms in total. The Labute approximate surface area is 296 Å². The van der Waals surface area contributed by atoms with Gasteiger partial charge in [0, 0.05) is 12.0 Å². The molecule has 0 bridgehead atoms. The molecule has 0 aromatic heterocycles. The van der Waals surface area contributed by atoms with Crippen molar-refractivity contribution in [3.8, 4) is 33.4 Å². The molecule has 1 fully saturated rings. The maximum atomic E-state index is 14.2. The first-order valence-electron chi connectivity index (χ1n) is 18.2. The van der Waals surface area contributed by atoms with Crippen LogP contribution in [-0.2, 0) is 28.6 Å². The fourth-order valence-corrected chi connectivity index (χ4v) is 10.5. The Kier molecular flexibility index (Phi) is 7.30. The number of carbonyl (C=O) groups excluding carboxylic acids is 1. The largest absolute Gasteiger partial charge is 0.298 e. The van der Waals surface area contributed by atoms with Crippen LogP contribution >= 0.6 is 0 Å². The number of hydrogen-bond acceptors (Lipinski definition) is 2. The second-order valence-corrected chi connectivity index (χ2v) is 14.9. The first kappa shape index (κ1) is 31.0. The summed E-state index contributed by atoms with van der Waals surface area (Å²) in [4.78, 5) is 16.9. The Bertz CT molecular complexity index is 2150. The quantitative estimate of drug-likeness (QED) is 0.179. The lowest BCUT2D eigenvalue weighted by atomic mass is 9.54. The Hall–Kier alpha value is -5.05. The van der Waals surface area contributed by atoms with Gasteiger partial charge in [-0.1, -0.05) is 146 Å². The number of carbonyl (C=O) groups is 1. The lowest BCUT2D eigenvalue weighted by Gasteiger charge is -2.54. The van der Waals surface area contributed by atoms with Gasteiger partial charge in [0.05, 0.1) is 11.6 Å². The minimum atomic E-state index is -0.481. The van der Waals surface area contributed by atoms with Crippen molar-refractivity contribution in [1.29, 1.82) is 0 Å². The van der Waals surface area contributed by atoms with Crippen molar-refractivity contribution in [3.05, 3.63) is 179 Å². The lowest BCUT2D eigenvalue weighted by Crippen LogP contribution is -2.58. The SMILES string of the molecule is CC(=O)C1[C@@H](C)C2(c3cc(-c4ccccc4)ccc3-c3ccc(-c4ccccc4)cc32)[C@@]2(CCc3ccc(C)cc3)c3ccccc3CCN12. The van der Waals surface area contributed by atoms with Gasteiger partial charge < -0.3 is 0 Å². The summed E-state index contributed by atoms with van der Waals surface area (Å²) in [6.07, 6.45) is 2.78. The summed E-state index contributed by atoms with van der Waals surface area (Å²) >= 11 is 0. The minimum Gasteiger partial charge on any atom is -0.298 e. The third-order valence-electron chi connectivity index (χ3n) is 12.4. The maximum Gasteiger partial charge on any atom is 0.147 e. The van der Waals surface area contributed by atoms with Gasteiger partial charge in [-0.15, -0.1) is 0 Å². The Morgan fingerprint density at radius 1 is 0.660 bits per heavy atom. The second-order valence-electron chi connectivity index (χ2n) is 14.9. The Balaban J connectivity index is 1.40. The van der Waals surface area contributed by atoms with Crippen LogP contribution in [0.25, 0.3) is 33.4 Å². The molecule has 6 aromatic rings. The molecule has 0 amide bonds. The lowest BCUT2D eigenvalue weighted by molar-refractivity contribution is -0.123. The molecule has 1 saturated heterocycles. The number of aryl methyl sites for hydroxylation is 2. The van der Waals surface area contributed by atoms with E-state index in [4.69, 9.17) is 0 Å². The molecular weight excluding hydrogens is 607 g/mol. The molecule has 6 aromatic carbocycles. The zero-order valence-electron chi connectivity index (χ0n) is 29.2. The van der Waals surface area contributed by atoms with E-state index in [1.807, 2.05) is 6.92 Å². The molecule has 246 valence electrons. The molecule has 2 heterocycles. The standard InChI is InChI=1S/C48H43NO/c1-32-18-20-35(21-19-32)26-28-47-43-17-11-10-16-38(43)27-29-49(47)46(34(3)50)33(2)48(47)44-30-39(36-12-6-4-7-13-36)22-24-41(44)42-25-23-40(31-45(42)48)37-14-8-5-9-15-37/h4-25,30-31,33,46H,26-29H2,1-3H3/t33-,46?,47-/m1/s1. The van der Waals surface area contributed by atoms with E-state index in [0.717, 1.165) is 25.8 Å². The van der Waals surface area contributed by atoms with Gasteiger partial charge in [-0.2, -0.15) is 0 Å². The van der Waals surface area contributed by atoms with Gasteiger partial charge in [-0.25, -0.2) is 0 Å². The highest BCUT2D eigenvalue weighted by atomic mass is 16.1. The van der Waals surface area contributed by atoms with E-state index in [2.05, 4.69) is 164 Å². The Morgan fingerprint density at radius 2 is 1.22 bits per heavy atom. The van der Waals surface area contributed by atoms with Gasteiger partial charge in [0.15, 0.2) is 0 Å². The van der Waals surface area contributed by atoms with Crippen LogP contribution in [0.2, 0.25) is 0 Å². The fourth-order valence-electron chi connectivity index (χ4n) is 10.5. The summed E-state index contributed by atoms with van der Waals surface area (Å²) in [6, 6.07) is 54.0. The van der Waals surface area contributed by atoms with Crippen LogP contribution in [0.5, 0.6) is 0 Å². The average molecular weight is 650 g/mol. The molecule has 2 aliphatic heterocycles. The monoisotopic (exact) mass is 649 g/mol. The molecular formula is C48H43NO. The van der Waals surface area contributed by atoms with Crippen LogP contribution in [0.4, 0.5) is 0 Å². The van der Waals surface area contributed by atoms with E-state index in [9.17, 15) is 4.79 Å². The van der Waals surface area contributed by atoms with E-state index < -0.39 is 11.0 Å². The number of nitrogens with zero attached hydrogens (tertiary/aromatic N) is 1. The molecule has 3 atom stereocenters. The first-order valence-corrected chi connectivity index (χ1v) is 18.2. The molecule has 2 heteroatoms. The predicted molar refractivity (Wildman–Crippen MR) is 205 cm³/mol. The number of ketones is 1. The minimum absolute atomic E-state index is 0.0289. The van der Waals surface area contributed by atoms with Crippen molar-refractivity contribution in [2.75, 3.05) is 6.54 Å². The molecule has 0 saturated carbocycles. The van der Waals surface area contributed by atoms with E-state index in [1.54, 1.807) is 0 Å². The van der Waals surface area contributed by atoms with Crippen LogP contribution in [0.1, 0.15) is 53.6 Å². The second kappa shape index (κ2) is 11.8. The van der Waals surface area contributed by atoms with Crippen molar-refractivity contribution in [2.24, 2.45) is 5.92 Å². The van der Waals surface area contributed by atoms with Gasteiger partial charge in [0.2, 0.25) is 0 Å². The van der Waals surface area contributed by atoms with Crippen LogP contribution < -0.4 is 0 Å². The van der Waals surface area contributed by atoms with Crippen LogP contribution in [-0.4, -0.2) is 23.3 Å². The first-order chi connectivity index (χ1) is 24.4. The zero-order valence-corrected chi connectivity index (χ0v) is 29.2. The smallest absolute Gasteiger partial charge is 0.147 e. The van der Waals surface area contributed by atoms with Crippen LogP contribution in [0.15, 0.2) is 146 Å². The fraction of sp³-hybridized carbons (Fsp3) is 0.229. The van der Waals surface area contributed by atoms with Gasteiger partial charge in [-0.3, -0.25) is 9.69 Å². The van der Waals surface area contributed by atoms with Crippen LogP contribution in [0, 0.1) is 12.8 Å². The zero-order chi connectivity index (χ0) is 34.0. The van der Waals surface area contributed by atoms with E-state index in [-0.39, 0.29) is 17.7 Å². The average Bonchev–Trinajstić information content (AvgIpc) is 3.58. The summed E-state index contributed by atoms with van der Waals surface area (Å²) in [7, 11) is 0. The molecule has 0 N–H and O–H groups in total. The van der Waals surface area contributed by atoms with Gasteiger partial charge in [0.25, 0.3) is 0 Å². The van der Waals surface area contributed by atoms with Gasteiger partial charge >= 0.3 is 0 Å². The molecule has 3 aliphatic rings. The summed E-state index contributed by atoms with van der Waals surface area (Å²) in [6.45, 7) is 7.25. The molecule has 50 heavy (non-hydrogen) atoms. The summed E-state index contributed by atoms with van der Waals surface area (Å²) in [5.41, 5.74) is 14.7. The highest BCUT2D eigenvalue weighted by molar-refractivity contribution is 5.91. The number of benzene rings is 6. The van der Waals surface area contributed by atoms with Crippen molar-refractivity contribution in [1.82, 2.24) is 4.90 Å². The Morgan fingerprint density at radius 3 is 1.80 bits per heavy atom. The number of Topliss-reactive ketones (excluding diaryl/α,β-unsaturated/α-hetero) is 1. The van der Waals surface area contributed by atoms with E-state index >= 15 is 0 Å². The number of hydrogen-bond donors (Lipinski definition) is 0. The summed E-state index contributed by atoms with van der Waals surface area (Å²) < 4.78 is 0. The van der Waals surface area contributed by atoms with Crippen molar-refractivity contribution < 1.29 is 4.79 Å². The highest BCUT2D eigenvalue weighted by Crippen LogP contribution is 2.70. The van der Waals surface area contributed by atoms with Crippen LogP contribution in [0.3, 0.4) is 0 Å². The third kappa shape index (κ3) is 4.34. The van der Waals surface area contributed by atoms with Crippen molar-refractivity contribution in [3.63, 3.8) is 0 Å². The number of fused-ring (bicyclic) bond motifs is 9. The number of rotatable bonds is 6. The molecule has 0 radical (unpaired) electrons. The topological polar surface area (TPSA) is 20.3 Å². The molecule has 1 spiro atoms. The van der Waals surface area contributed by atoms with Crippen molar-refractivity contribution >= 4 is 5.78 Å². The maximum absolute atomic E-state index is 14.2. The highest BCUT2D eigenvalue weighted by Gasteiger charge is 2.72. The predicted octanol–water partition coefficient (Wildman–Crippen LogP) is 10.6. The van der Waals surface area contributed by atoms with E-state index in [1.165, 1.54) is 66.8 Å². The molecule has 1 unspecified atom stereocenters. The van der Waals surface area contributed by atoms with Gasteiger partial charge in [0.1, 0.15) is 5.78 Å². The van der Waals surface area contributed by atoms with Crippen molar-refractivity contribution in [2.45, 2.75) is 57.0 Å². The normalized spacial score (nSPS) is 21.3. The molecule has 9 rings (SSSR count). The third-order valence-corrected chi connectivity index (χ3v) is 12.4. The summed E-state index contributed by atoms with van der Waals surface area (Å²) in [5.74, 6) is 0.295. The summed E-state index contributed by atoms with van der Waals surface area (Å²) in [5, 5.41) is 0.